The van der Waals surface area contributed by atoms with E-state index in [2.05, 4.69) is 16.9 Å². The number of nitrogens with zero attached hydrogens (tertiary/aromatic N) is 2. The first kappa shape index (κ1) is 12.6. The van der Waals surface area contributed by atoms with Gasteiger partial charge in [-0.05, 0) is 32.7 Å². The molecule has 2 saturated carbocycles. The molecule has 100 valence electrons. The molecule has 0 spiro atoms. The third-order valence-electron chi connectivity index (χ3n) is 4.16. The van der Waals surface area contributed by atoms with Crippen molar-refractivity contribution >= 4 is 11.3 Å². The molecule has 0 bridgehead atoms. The fourth-order valence-corrected chi connectivity index (χ4v) is 4.03. The smallest absolute Gasteiger partial charge is 0.0959 e. The largest absolute Gasteiger partial charge is 0.391 e. The van der Waals surface area contributed by atoms with Crippen molar-refractivity contribution in [1.29, 1.82) is 0 Å². The van der Waals surface area contributed by atoms with Crippen molar-refractivity contribution in [3.8, 4) is 0 Å². The lowest BCUT2D eigenvalue weighted by Crippen LogP contribution is -2.42. The van der Waals surface area contributed by atoms with Gasteiger partial charge in [0.05, 0.1) is 11.1 Å². The van der Waals surface area contributed by atoms with Gasteiger partial charge in [0.2, 0.25) is 0 Å². The molecule has 1 aromatic heterocycles. The molecule has 1 N–H and O–H groups in total. The van der Waals surface area contributed by atoms with Gasteiger partial charge in [0.25, 0.3) is 0 Å². The van der Waals surface area contributed by atoms with E-state index in [9.17, 15) is 5.11 Å². The van der Waals surface area contributed by atoms with E-state index >= 15 is 0 Å². The molecule has 3 rings (SSSR count). The maximum absolute atomic E-state index is 10.1. The lowest BCUT2D eigenvalue weighted by molar-refractivity contribution is 0.0292. The van der Waals surface area contributed by atoms with Gasteiger partial charge in [-0.3, -0.25) is 4.90 Å². The summed E-state index contributed by atoms with van der Waals surface area (Å²) in [5.41, 5.74) is 0. The van der Waals surface area contributed by atoms with Gasteiger partial charge < -0.3 is 5.11 Å². The Kier molecular flexibility index (Phi) is 3.68. The summed E-state index contributed by atoms with van der Waals surface area (Å²) in [6.07, 6.45) is 9.06. The molecule has 0 radical (unpaired) electrons. The third kappa shape index (κ3) is 2.76. The number of hydrogen-bond acceptors (Lipinski definition) is 4. The Bertz CT molecular complexity index is 402. The van der Waals surface area contributed by atoms with E-state index in [1.807, 2.05) is 17.5 Å². The first-order chi connectivity index (χ1) is 8.74. The SMILES string of the molecule is CN(Cc1cnc(C2CC2)s1)[C@@H]1CCCC[C@H]1O. The average Bonchev–Trinajstić information content (AvgIpc) is 3.11. The number of aromatic nitrogens is 1. The van der Waals surface area contributed by atoms with Crippen LogP contribution in [0.25, 0.3) is 0 Å². The molecule has 2 aliphatic carbocycles. The van der Waals surface area contributed by atoms with Gasteiger partial charge in [0.1, 0.15) is 0 Å². The Morgan fingerprint density at radius 2 is 2.11 bits per heavy atom. The van der Waals surface area contributed by atoms with Crippen molar-refractivity contribution in [2.75, 3.05) is 7.05 Å². The minimum Gasteiger partial charge on any atom is -0.391 e. The topological polar surface area (TPSA) is 36.4 Å². The van der Waals surface area contributed by atoms with Crippen LogP contribution in [0.5, 0.6) is 0 Å². The molecule has 3 nitrogen and oxygen atoms in total. The minimum absolute atomic E-state index is 0.139. The number of aliphatic hydroxyl groups excluding tert-OH is 1. The summed E-state index contributed by atoms with van der Waals surface area (Å²) < 4.78 is 0. The molecule has 0 aromatic carbocycles. The average molecular weight is 266 g/mol. The third-order valence-corrected chi connectivity index (χ3v) is 5.31. The van der Waals surface area contributed by atoms with Crippen LogP contribution >= 0.6 is 11.3 Å². The molecule has 2 atom stereocenters. The highest BCUT2D eigenvalue weighted by atomic mass is 32.1. The second-order valence-corrected chi connectivity index (χ2v) is 6.92. The number of aliphatic hydroxyl groups is 1. The molecular weight excluding hydrogens is 244 g/mol. The molecule has 0 unspecified atom stereocenters. The van der Waals surface area contributed by atoms with Gasteiger partial charge >= 0.3 is 0 Å². The summed E-state index contributed by atoms with van der Waals surface area (Å²) in [4.78, 5) is 8.18. The Morgan fingerprint density at radius 1 is 1.33 bits per heavy atom. The van der Waals surface area contributed by atoms with E-state index in [1.165, 1.54) is 35.6 Å². The Labute approximate surface area is 113 Å². The number of likely N-dealkylation sites (N-methyl/N-ethyl adjacent to an activating group) is 1. The van der Waals surface area contributed by atoms with Crippen molar-refractivity contribution in [1.82, 2.24) is 9.88 Å². The van der Waals surface area contributed by atoms with Crippen molar-refractivity contribution in [3.05, 3.63) is 16.1 Å². The number of hydrogen-bond donors (Lipinski definition) is 1. The van der Waals surface area contributed by atoms with Crippen LogP contribution in [0.3, 0.4) is 0 Å². The van der Waals surface area contributed by atoms with Crippen LogP contribution in [-0.4, -0.2) is 34.2 Å². The first-order valence-corrected chi connectivity index (χ1v) is 7.88. The first-order valence-electron chi connectivity index (χ1n) is 7.07. The Morgan fingerprint density at radius 3 is 2.83 bits per heavy atom. The number of thiazole rings is 1. The second kappa shape index (κ2) is 5.27. The highest BCUT2D eigenvalue weighted by molar-refractivity contribution is 7.11. The molecule has 0 aliphatic heterocycles. The second-order valence-electron chi connectivity index (χ2n) is 5.77. The van der Waals surface area contributed by atoms with Crippen molar-refractivity contribution in [2.45, 2.75) is 63.1 Å². The Hall–Kier alpha value is -0.450. The molecule has 2 aliphatic rings. The highest BCUT2D eigenvalue weighted by Gasteiger charge is 2.29. The van der Waals surface area contributed by atoms with Crippen LogP contribution in [0.2, 0.25) is 0 Å². The monoisotopic (exact) mass is 266 g/mol. The standard InChI is InChI=1S/C14H22N2OS/c1-16(12-4-2-3-5-13(12)17)9-11-8-15-14(18-11)10-6-7-10/h8,10,12-13,17H,2-7,9H2,1H3/t12-,13-/m1/s1. The molecule has 0 saturated heterocycles. The summed E-state index contributed by atoms with van der Waals surface area (Å²) in [6.45, 7) is 0.937. The van der Waals surface area contributed by atoms with Crippen LogP contribution in [0.4, 0.5) is 0 Å². The van der Waals surface area contributed by atoms with Crippen LogP contribution in [0.1, 0.15) is 54.3 Å². The van der Waals surface area contributed by atoms with Crippen LogP contribution in [0.15, 0.2) is 6.20 Å². The fraction of sp³-hybridized carbons (Fsp3) is 0.786. The predicted octanol–water partition coefficient (Wildman–Crippen LogP) is 2.76. The van der Waals surface area contributed by atoms with Gasteiger partial charge in [-0.2, -0.15) is 0 Å². The maximum Gasteiger partial charge on any atom is 0.0959 e. The highest BCUT2D eigenvalue weighted by Crippen LogP contribution is 2.42. The van der Waals surface area contributed by atoms with Gasteiger partial charge in [-0.1, -0.05) is 12.8 Å². The van der Waals surface area contributed by atoms with Gasteiger partial charge in [-0.25, -0.2) is 4.98 Å². The zero-order valence-corrected chi connectivity index (χ0v) is 11.8. The van der Waals surface area contributed by atoms with Crippen molar-refractivity contribution < 1.29 is 5.11 Å². The predicted molar refractivity (Wildman–Crippen MR) is 73.8 cm³/mol. The van der Waals surface area contributed by atoms with Crippen LogP contribution in [-0.2, 0) is 6.54 Å². The van der Waals surface area contributed by atoms with Gasteiger partial charge in [-0.15, -0.1) is 11.3 Å². The van der Waals surface area contributed by atoms with Gasteiger partial charge in [0, 0.05) is 29.6 Å². The van der Waals surface area contributed by atoms with E-state index in [1.54, 1.807) is 0 Å². The van der Waals surface area contributed by atoms with E-state index < -0.39 is 0 Å². The van der Waals surface area contributed by atoms with Crippen LogP contribution < -0.4 is 0 Å². The fourth-order valence-electron chi connectivity index (χ4n) is 2.88. The van der Waals surface area contributed by atoms with E-state index in [0.717, 1.165) is 25.3 Å². The molecule has 0 amide bonds. The Balaban J connectivity index is 1.59. The van der Waals surface area contributed by atoms with Crippen LogP contribution in [0, 0.1) is 0 Å². The maximum atomic E-state index is 10.1. The van der Waals surface area contributed by atoms with E-state index in [0.29, 0.717) is 6.04 Å². The summed E-state index contributed by atoms with van der Waals surface area (Å²) in [5, 5.41) is 11.4. The van der Waals surface area contributed by atoms with Crippen molar-refractivity contribution in [3.63, 3.8) is 0 Å². The molecule has 2 fully saturated rings. The molecule has 1 heterocycles. The quantitative estimate of drug-likeness (QED) is 0.910. The summed E-state index contributed by atoms with van der Waals surface area (Å²) in [7, 11) is 2.13. The van der Waals surface area contributed by atoms with Gasteiger partial charge in [0.15, 0.2) is 0 Å². The van der Waals surface area contributed by atoms with E-state index in [4.69, 9.17) is 0 Å². The molecular formula is C14H22N2OS. The normalized spacial score (nSPS) is 28.8. The summed E-state index contributed by atoms with van der Waals surface area (Å²) >= 11 is 1.86. The summed E-state index contributed by atoms with van der Waals surface area (Å²) in [6, 6.07) is 0.338. The van der Waals surface area contributed by atoms with Crippen molar-refractivity contribution in [2.24, 2.45) is 0 Å². The molecule has 4 heteroatoms. The van der Waals surface area contributed by atoms with E-state index in [-0.39, 0.29) is 6.10 Å². The zero-order valence-electron chi connectivity index (χ0n) is 11.0. The minimum atomic E-state index is -0.139. The lowest BCUT2D eigenvalue weighted by atomic mass is 9.91. The molecule has 18 heavy (non-hydrogen) atoms. The molecule has 1 aromatic rings. The summed E-state index contributed by atoms with van der Waals surface area (Å²) in [5.74, 6) is 0.759. The number of rotatable bonds is 4. The zero-order chi connectivity index (χ0) is 12.5. The lowest BCUT2D eigenvalue weighted by Gasteiger charge is -2.34.